The molecule has 3 aromatic heterocycles. The molecule has 1 N–H and O–H groups in total. The highest BCUT2D eigenvalue weighted by molar-refractivity contribution is 6.35. The molecular formula is C17H15ClFN5O. The number of imidazole rings is 1. The van der Waals surface area contributed by atoms with Crippen molar-refractivity contribution in [3.05, 3.63) is 47.4 Å². The summed E-state index contributed by atoms with van der Waals surface area (Å²) in [4.78, 5) is 8.55. The molecule has 0 bridgehead atoms. The monoisotopic (exact) mass is 359 g/mol. The van der Waals surface area contributed by atoms with Gasteiger partial charge in [-0.1, -0.05) is 11.6 Å². The van der Waals surface area contributed by atoms with E-state index in [1.165, 1.54) is 7.11 Å². The number of aromatic amines is 1. The smallest absolute Gasteiger partial charge is 0.155 e. The normalized spacial score (nSPS) is 12.4. The molecule has 0 saturated carbocycles. The molecule has 0 spiro atoms. The molecule has 0 aliphatic carbocycles. The van der Waals surface area contributed by atoms with Gasteiger partial charge in [-0.2, -0.15) is 5.10 Å². The Bertz CT molecular complexity index is 1100. The van der Waals surface area contributed by atoms with Crippen LogP contribution < -0.4 is 0 Å². The first-order valence-electron chi connectivity index (χ1n) is 7.63. The summed E-state index contributed by atoms with van der Waals surface area (Å²) in [6.45, 7) is 3.55. The number of rotatable bonds is 3. The summed E-state index contributed by atoms with van der Waals surface area (Å²) in [6, 6.07) is 0. The molecule has 0 fully saturated rings. The van der Waals surface area contributed by atoms with Gasteiger partial charge in [0.2, 0.25) is 0 Å². The Labute approximate surface area is 147 Å². The van der Waals surface area contributed by atoms with Crippen LogP contribution in [0.5, 0.6) is 0 Å². The third-order valence-corrected chi connectivity index (χ3v) is 4.79. The molecule has 6 nitrogen and oxygen atoms in total. The van der Waals surface area contributed by atoms with Crippen molar-refractivity contribution in [2.75, 3.05) is 7.11 Å². The Morgan fingerprint density at radius 1 is 1.28 bits per heavy atom. The molecule has 8 heteroatoms. The first-order valence-corrected chi connectivity index (χ1v) is 8.00. The van der Waals surface area contributed by atoms with Crippen molar-refractivity contribution >= 4 is 28.2 Å². The largest absolute Gasteiger partial charge is 0.374 e. The van der Waals surface area contributed by atoms with E-state index in [0.717, 1.165) is 0 Å². The summed E-state index contributed by atoms with van der Waals surface area (Å²) in [5.74, 6) is -0.548. The van der Waals surface area contributed by atoms with Crippen LogP contribution in [0, 0.1) is 5.82 Å². The molecule has 4 rings (SSSR count). The van der Waals surface area contributed by atoms with E-state index in [4.69, 9.17) is 16.3 Å². The minimum Gasteiger partial charge on any atom is -0.374 e. The summed E-state index contributed by atoms with van der Waals surface area (Å²) in [5, 5.41) is 7.61. The number of aromatic nitrogens is 5. The zero-order valence-electron chi connectivity index (χ0n) is 13.8. The van der Waals surface area contributed by atoms with Gasteiger partial charge in [0, 0.05) is 42.2 Å². The molecule has 0 aliphatic rings. The van der Waals surface area contributed by atoms with Crippen LogP contribution in [0.25, 0.3) is 27.8 Å². The lowest BCUT2D eigenvalue weighted by molar-refractivity contribution is 0.0175. The van der Waals surface area contributed by atoms with E-state index in [9.17, 15) is 0 Å². The van der Waals surface area contributed by atoms with Crippen LogP contribution in [0.4, 0.5) is 4.39 Å². The van der Waals surface area contributed by atoms with E-state index >= 15 is 4.39 Å². The van der Waals surface area contributed by atoms with Gasteiger partial charge in [0.1, 0.15) is 0 Å². The SMILES string of the molecule is COC(C)(C)c1c(F)c(Cl)c(-c2cn3ccnc3cn2)c2cn[nH]c12. The fourth-order valence-corrected chi connectivity index (χ4v) is 3.28. The van der Waals surface area contributed by atoms with Crippen molar-refractivity contribution in [3.8, 4) is 11.3 Å². The number of fused-ring (bicyclic) bond motifs is 2. The lowest BCUT2D eigenvalue weighted by atomic mass is 9.92. The van der Waals surface area contributed by atoms with Gasteiger partial charge in [-0.25, -0.2) is 9.37 Å². The summed E-state index contributed by atoms with van der Waals surface area (Å²) < 4.78 is 22.4. The number of ether oxygens (including phenoxy) is 1. The van der Waals surface area contributed by atoms with Crippen LogP contribution in [0.15, 0.2) is 31.0 Å². The Morgan fingerprint density at radius 2 is 2.08 bits per heavy atom. The average molecular weight is 360 g/mol. The van der Waals surface area contributed by atoms with Gasteiger partial charge in [-0.15, -0.1) is 0 Å². The van der Waals surface area contributed by atoms with Crippen molar-refractivity contribution in [3.63, 3.8) is 0 Å². The summed E-state index contributed by atoms with van der Waals surface area (Å²) >= 11 is 6.42. The topological polar surface area (TPSA) is 68.1 Å². The van der Waals surface area contributed by atoms with Crippen LogP contribution in [-0.2, 0) is 10.3 Å². The van der Waals surface area contributed by atoms with Gasteiger partial charge >= 0.3 is 0 Å². The number of hydrogen-bond acceptors (Lipinski definition) is 4. The third-order valence-electron chi connectivity index (χ3n) is 4.44. The van der Waals surface area contributed by atoms with E-state index in [2.05, 4.69) is 20.2 Å². The van der Waals surface area contributed by atoms with Crippen LogP contribution in [0.3, 0.4) is 0 Å². The first kappa shape index (κ1) is 16.0. The fourth-order valence-electron chi connectivity index (χ4n) is 2.99. The van der Waals surface area contributed by atoms with Crippen molar-refractivity contribution in [2.45, 2.75) is 19.4 Å². The van der Waals surface area contributed by atoms with Gasteiger partial charge in [0.05, 0.1) is 34.2 Å². The predicted octanol–water partition coefficient (Wildman–Crippen LogP) is 3.95. The standard InChI is InChI=1S/C17H15ClFN5O/c1-17(2,25-3)13-15(19)14(18)12(9-6-22-23-16(9)13)10-8-24-5-4-20-11(24)7-21-10/h4-8H,1-3H3,(H,22,23). The molecule has 4 aromatic rings. The highest BCUT2D eigenvalue weighted by Crippen LogP contribution is 2.42. The fraction of sp³-hybridized carbons (Fsp3) is 0.235. The maximum Gasteiger partial charge on any atom is 0.155 e. The van der Waals surface area contributed by atoms with E-state index in [1.807, 2.05) is 0 Å². The number of benzene rings is 1. The van der Waals surface area contributed by atoms with Gasteiger partial charge in [-0.3, -0.25) is 10.1 Å². The first-order chi connectivity index (χ1) is 11.9. The molecule has 1 aromatic carbocycles. The highest BCUT2D eigenvalue weighted by atomic mass is 35.5. The molecule has 0 saturated heterocycles. The highest BCUT2D eigenvalue weighted by Gasteiger charge is 2.31. The van der Waals surface area contributed by atoms with E-state index in [-0.39, 0.29) is 5.02 Å². The minimum absolute atomic E-state index is 0.0130. The van der Waals surface area contributed by atoms with E-state index in [1.54, 1.807) is 49.2 Å². The average Bonchev–Trinajstić information content (AvgIpc) is 3.24. The van der Waals surface area contributed by atoms with Crippen molar-refractivity contribution in [1.82, 2.24) is 24.6 Å². The molecule has 0 radical (unpaired) electrons. The molecule has 0 unspecified atom stereocenters. The van der Waals surface area contributed by atoms with Gasteiger partial charge in [0.25, 0.3) is 0 Å². The van der Waals surface area contributed by atoms with Crippen LogP contribution in [0.1, 0.15) is 19.4 Å². The van der Waals surface area contributed by atoms with Crippen molar-refractivity contribution in [1.29, 1.82) is 0 Å². The van der Waals surface area contributed by atoms with Gasteiger partial charge < -0.3 is 9.14 Å². The predicted molar refractivity (Wildman–Crippen MR) is 93.1 cm³/mol. The number of nitrogens with zero attached hydrogens (tertiary/aromatic N) is 4. The Hall–Kier alpha value is -2.51. The minimum atomic E-state index is -0.876. The lowest BCUT2D eigenvalue weighted by Gasteiger charge is -2.25. The zero-order chi connectivity index (χ0) is 17.8. The Kier molecular flexibility index (Phi) is 3.52. The quantitative estimate of drug-likeness (QED) is 0.601. The third kappa shape index (κ3) is 2.31. The lowest BCUT2D eigenvalue weighted by Crippen LogP contribution is -2.22. The Morgan fingerprint density at radius 3 is 2.84 bits per heavy atom. The maximum atomic E-state index is 15.2. The second kappa shape index (κ2) is 5.50. The van der Waals surface area contributed by atoms with E-state index < -0.39 is 11.4 Å². The number of halogens is 2. The number of methoxy groups -OCH3 is 1. The molecule has 0 amide bonds. The molecule has 0 aliphatic heterocycles. The zero-order valence-corrected chi connectivity index (χ0v) is 14.6. The van der Waals surface area contributed by atoms with Crippen LogP contribution >= 0.6 is 11.6 Å². The van der Waals surface area contributed by atoms with Crippen molar-refractivity contribution in [2.24, 2.45) is 0 Å². The van der Waals surface area contributed by atoms with Crippen molar-refractivity contribution < 1.29 is 9.13 Å². The van der Waals surface area contributed by atoms with Crippen LogP contribution in [-0.4, -0.2) is 31.7 Å². The van der Waals surface area contributed by atoms with Gasteiger partial charge in [-0.05, 0) is 13.8 Å². The van der Waals surface area contributed by atoms with E-state index in [0.29, 0.717) is 33.4 Å². The Balaban J connectivity index is 2.07. The number of hydrogen-bond donors (Lipinski definition) is 1. The summed E-state index contributed by atoms with van der Waals surface area (Å²) in [5.41, 5.74) is 1.70. The molecule has 25 heavy (non-hydrogen) atoms. The summed E-state index contributed by atoms with van der Waals surface area (Å²) in [7, 11) is 1.53. The molecular weight excluding hydrogens is 345 g/mol. The molecule has 0 atom stereocenters. The molecule has 3 heterocycles. The van der Waals surface area contributed by atoms with Crippen LogP contribution in [0.2, 0.25) is 5.02 Å². The number of nitrogens with one attached hydrogen (secondary N) is 1. The van der Waals surface area contributed by atoms with Gasteiger partial charge in [0.15, 0.2) is 11.5 Å². The second-order valence-electron chi connectivity index (χ2n) is 6.22. The molecule has 128 valence electrons. The second-order valence-corrected chi connectivity index (χ2v) is 6.59. The number of H-pyrrole nitrogens is 1. The summed E-state index contributed by atoms with van der Waals surface area (Å²) in [6.07, 6.45) is 8.45. The maximum absolute atomic E-state index is 15.2.